The monoisotopic (exact) mass is 794 g/mol. The summed E-state index contributed by atoms with van der Waals surface area (Å²) >= 11 is -0.541. The number of benzene rings is 5. The Balaban J connectivity index is 1.51. The summed E-state index contributed by atoms with van der Waals surface area (Å²) in [6.07, 6.45) is 8.78. The fourth-order valence-electron chi connectivity index (χ4n) is 6.77. The van der Waals surface area contributed by atoms with Crippen LogP contribution in [0.5, 0.6) is 0 Å². The van der Waals surface area contributed by atoms with Gasteiger partial charge in [0, 0.05) is 0 Å². The van der Waals surface area contributed by atoms with Crippen molar-refractivity contribution in [2.45, 2.75) is 20.8 Å². The zero-order valence-electron chi connectivity index (χ0n) is 27.3. The molecule has 3 aliphatic rings. The molecular formula is C41H37N5Pt. The van der Waals surface area contributed by atoms with Crippen molar-refractivity contribution in [3.63, 3.8) is 0 Å². The van der Waals surface area contributed by atoms with E-state index >= 15 is 0 Å². The van der Waals surface area contributed by atoms with E-state index in [0.717, 1.165) is 22.7 Å². The molecule has 3 heterocycles. The van der Waals surface area contributed by atoms with Crippen LogP contribution in [0.25, 0.3) is 22.3 Å². The molecule has 5 aromatic rings. The molecule has 236 valence electrons. The summed E-state index contributed by atoms with van der Waals surface area (Å²) in [5.74, 6) is 0. The van der Waals surface area contributed by atoms with Gasteiger partial charge < -0.3 is 0 Å². The average molecular weight is 795 g/mol. The van der Waals surface area contributed by atoms with Gasteiger partial charge in [0.05, 0.1) is 0 Å². The predicted octanol–water partition coefficient (Wildman–Crippen LogP) is 9.13. The molecule has 5 aromatic carbocycles. The molecule has 0 amide bonds. The molecule has 0 unspecified atom stereocenters. The topological polar surface area (TPSA) is 16.2 Å². The fraction of sp³-hybridized carbons (Fsp3) is 0.122. The number of hydrogen-bond acceptors (Lipinski definition) is 5. The number of nitrogens with zero attached hydrogens (tertiary/aromatic N) is 5. The van der Waals surface area contributed by atoms with E-state index in [0.29, 0.717) is 0 Å². The van der Waals surface area contributed by atoms with Gasteiger partial charge in [-0.25, -0.2) is 0 Å². The standard InChI is InChI=1S/C41H37N5.Pt/c1-30-31(2)39(33-14-8-6-9-15-33)41(40(32(30)3)34-16-10-7-11-17-34)46(37-20-12-18-35(26-37)44-24-22-42(4)28-44)38-21-13-19-36(27-38)45-25-23-43(5)29-45;/h6-27H,1-5H3;. The van der Waals surface area contributed by atoms with Crippen LogP contribution in [0.15, 0.2) is 134 Å². The van der Waals surface area contributed by atoms with Gasteiger partial charge in [-0.2, -0.15) is 0 Å². The molecule has 8 rings (SSSR count). The van der Waals surface area contributed by atoms with E-state index in [-0.39, 0.29) is 0 Å². The van der Waals surface area contributed by atoms with Crippen LogP contribution in [-0.2, 0) is 17.6 Å². The summed E-state index contributed by atoms with van der Waals surface area (Å²) in [7, 11) is 4.33. The molecule has 0 radical (unpaired) electrons. The zero-order valence-corrected chi connectivity index (χ0v) is 29.5. The third kappa shape index (κ3) is 4.89. The molecule has 0 fully saturated rings. The summed E-state index contributed by atoms with van der Waals surface area (Å²) in [5.41, 5.74) is 14.6. The van der Waals surface area contributed by atoms with Gasteiger partial charge in [-0.3, -0.25) is 0 Å². The van der Waals surface area contributed by atoms with Crippen molar-refractivity contribution >= 4 is 36.7 Å². The SMILES string of the molecule is Cc1c(C)c(-c2ccccc2)c(N2c3cccc(c3)N3C=CN(C)[C]3=[Pt]=[C]3N(C)C=CN3c3cccc2c3)c(-c2ccccc2)c1C. The summed E-state index contributed by atoms with van der Waals surface area (Å²) < 4.78 is 2.64. The Bertz CT molecular complexity index is 2020. The van der Waals surface area contributed by atoms with Crippen molar-refractivity contribution in [2.75, 3.05) is 28.8 Å². The second kappa shape index (κ2) is 11.7. The number of hydrogen-bond donors (Lipinski definition) is 0. The number of anilines is 5. The van der Waals surface area contributed by atoms with Crippen LogP contribution in [0, 0.1) is 20.8 Å². The molecule has 0 saturated carbocycles. The Morgan fingerprint density at radius 2 is 0.872 bits per heavy atom. The molecular weight excluding hydrogens is 758 g/mol. The minimum absolute atomic E-state index is 0.541. The van der Waals surface area contributed by atoms with E-state index < -0.39 is 17.6 Å². The Kier molecular flexibility index (Phi) is 7.30. The van der Waals surface area contributed by atoms with Crippen LogP contribution in [0.3, 0.4) is 0 Å². The molecule has 6 heteroatoms. The molecule has 0 saturated heterocycles. The van der Waals surface area contributed by atoms with Crippen molar-refractivity contribution in [3.8, 4) is 22.3 Å². The van der Waals surface area contributed by atoms with Crippen LogP contribution in [-0.4, -0.2) is 32.2 Å². The number of fused-ring (bicyclic) bond motifs is 8. The maximum atomic E-state index is 2.50. The minimum atomic E-state index is -0.541. The first-order chi connectivity index (χ1) is 22.9. The van der Waals surface area contributed by atoms with Gasteiger partial charge in [-0.1, -0.05) is 0 Å². The zero-order chi connectivity index (χ0) is 32.2. The van der Waals surface area contributed by atoms with E-state index in [1.165, 1.54) is 52.9 Å². The third-order valence-electron chi connectivity index (χ3n) is 9.36. The van der Waals surface area contributed by atoms with Gasteiger partial charge in [-0.15, -0.1) is 0 Å². The molecule has 0 atom stereocenters. The first-order valence-electron chi connectivity index (χ1n) is 15.9. The van der Waals surface area contributed by atoms with E-state index in [1.807, 2.05) is 0 Å². The van der Waals surface area contributed by atoms with E-state index in [9.17, 15) is 0 Å². The molecule has 0 aromatic heterocycles. The van der Waals surface area contributed by atoms with Gasteiger partial charge in [0.2, 0.25) is 0 Å². The molecule has 5 nitrogen and oxygen atoms in total. The Labute approximate surface area is 285 Å². The molecule has 0 aliphatic carbocycles. The van der Waals surface area contributed by atoms with Crippen LogP contribution in [0.1, 0.15) is 16.7 Å². The average Bonchev–Trinajstić information content (AvgIpc) is 3.66. The molecule has 4 bridgehead atoms. The van der Waals surface area contributed by atoms with E-state index in [2.05, 4.69) is 193 Å². The van der Waals surface area contributed by atoms with Crippen molar-refractivity contribution in [1.29, 1.82) is 0 Å². The van der Waals surface area contributed by atoms with Gasteiger partial charge in [-0.05, 0) is 0 Å². The van der Waals surface area contributed by atoms with Crippen molar-refractivity contribution in [1.82, 2.24) is 9.80 Å². The predicted molar refractivity (Wildman–Crippen MR) is 195 cm³/mol. The van der Waals surface area contributed by atoms with E-state index in [4.69, 9.17) is 0 Å². The van der Waals surface area contributed by atoms with Crippen molar-refractivity contribution in [3.05, 3.63) is 151 Å². The van der Waals surface area contributed by atoms with Crippen molar-refractivity contribution in [2.24, 2.45) is 0 Å². The van der Waals surface area contributed by atoms with Crippen LogP contribution >= 0.6 is 0 Å². The Hall–Kier alpha value is -4.99. The van der Waals surface area contributed by atoms with Crippen LogP contribution in [0.4, 0.5) is 28.4 Å². The van der Waals surface area contributed by atoms with Crippen molar-refractivity contribution < 1.29 is 17.6 Å². The Morgan fingerprint density at radius 1 is 0.447 bits per heavy atom. The molecule has 47 heavy (non-hydrogen) atoms. The van der Waals surface area contributed by atoms with Gasteiger partial charge in [0.15, 0.2) is 0 Å². The summed E-state index contributed by atoms with van der Waals surface area (Å²) in [4.78, 5) is 11.8. The third-order valence-corrected chi connectivity index (χ3v) is 13.1. The summed E-state index contributed by atoms with van der Waals surface area (Å²) in [6.45, 7) is 6.84. The maximum absolute atomic E-state index is 2.50. The van der Waals surface area contributed by atoms with Gasteiger partial charge >= 0.3 is 287 Å². The quantitative estimate of drug-likeness (QED) is 0.181. The fourth-order valence-corrected chi connectivity index (χ4v) is 9.84. The van der Waals surface area contributed by atoms with Crippen LogP contribution < -0.4 is 14.7 Å². The summed E-state index contributed by atoms with van der Waals surface area (Å²) in [6, 6.07) is 39.9. The number of rotatable bonds is 3. The Morgan fingerprint density at radius 3 is 1.32 bits per heavy atom. The molecule has 0 N–H and O–H groups in total. The van der Waals surface area contributed by atoms with Gasteiger partial charge in [0.25, 0.3) is 0 Å². The first-order valence-corrected chi connectivity index (χ1v) is 18.2. The van der Waals surface area contributed by atoms with Crippen LogP contribution in [0.2, 0.25) is 0 Å². The normalized spacial score (nSPS) is 15.4. The molecule has 3 aliphatic heterocycles. The van der Waals surface area contributed by atoms with Gasteiger partial charge in [0.1, 0.15) is 0 Å². The first kappa shape index (κ1) is 29.4. The second-order valence-electron chi connectivity index (χ2n) is 12.2. The second-order valence-corrected chi connectivity index (χ2v) is 14.8. The summed E-state index contributed by atoms with van der Waals surface area (Å²) in [5, 5.41) is 0. The van der Waals surface area contributed by atoms with E-state index in [1.54, 1.807) is 0 Å². The molecule has 0 spiro atoms.